The van der Waals surface area contributed by atoms with Gasteiger partial charge in [-0.3, -0.25) is 4.79 Å². The molecule has 3 aromatic rings. The Balaban J connectivity index is 1.43. The van der Waals surface area contributed by atoms with Gasteiger partial charge in [0.25, 0.3) is 5.91 Å². The molecule has 0 aromatic heterocycles. The lowest BCUT2D eigenvalue weighted by molar-refractivity contribution is 0.0728. The minimum absolute atomic E-state index is 0.134. The van der Waals surface area contributed by atoms with Crippen LogP contribution in [-0.2, 0) is 0 Å². The topological polar surface area (TPSA) is 95.5 Å². The minimum Gasteiger partial charge on any atom is -0.490 e. The van der Waals surface area contributed by atoms with Crippen molar-refractivity contribution in [1.82, 2.24) is 5.43 Å². The normalized spacial score (nSPS) is 11.9. The Morgan fingerprint density at radius 1 is 1.00 bits per heavy atom. The van der Waals surface area contributed by atoms with Gasteiger partial charge in [0.1, 0.15) is 0 Å². The van der Waals surface area contributed by atoms with Crippen LogP contribution in [0.3, 0.4) is 0 Å². The molecule has 0 radical (unpaired) electrons. The molecule has 1 amide bonds. The molecule has 0 saturated carbocycles. The van der Waals surface area contributed by atoms with Crippen LogP contribution < -0.4 is 24.4 Å². The van der Waals surface area contributed by atoms with Gasteiger partial charge < -0.3 is 18.9 Å². The van der Waals surface area contributed by atoms with Crippen molar-refractivity contribution in [2.45, 2.75) is 6.92 Å². The Bertz CT molecular complexity index is 1210. The third-order valence-electron chi connectivity index (χ3n) is 4.56. The van der Waals surface area contributed by atoms with Crippen LogP contribution >= 0.6 is 15.9 Å². The SMILES string of the molecule is CCOc1cc(C=NNC(=O)c2ccc3c(c2)OCO3)ccc1OC(=O)c1ccc(Br)cc1. The molecule has 1 aliphatic heterocycles. The highest BCUT2D eigenvalue weighted by Gasteiger charge is 2.16. The molecule has 168 valence electrons. The van der Waals surface area contributed by atoms with Crippen molar-refractivity contribution in [2.75, 3.05) is 13.4 Å². The van der Waals surface area contributed by atoms with E-state index in [1.165, 1.54) is 6.21 Å². The Labute approximate surface area is 198 Å². The van der Waals surface area contributed by atoms with Crippen molar-refractivity contribution >= 4 is 34.0 Å². The number of hydrogen-bond donors (Lipinski definition) is 1. The average molecular weight is 511 g/mol. The highest BCUT2D eigenvalue weighted by molar-refractivity contribution is 9.10. The zero-order chi connectivity index (χ0) is 23.2. The van der Waals surface area contributed by atoms with Crippen molar-refractivity contribution < 1.29 is 28.5 Å². The van der Waals surface area contributed by atoms with E-state index in [1.807, 2.05) is 6.92 Å². The number of fused-ring (bicyclic) bond motifs is 1. The van der Waals surface area contributed by atoms with E-state index in [0.29, 0.717) is 40.5 Å². The van der Waals surface area contributed by atoms with E-state index in [4.69, 9.17) is 18.9 Å². The number of hydrazone groups is 1. The number of nitrogens with one attached hydrogen (secondary N) is 1. The summed E-state index contributed by atoms with van der Waals surface area (Å²) in [6.07, 6.45) is 1.47. The Hall–Kier alpha value is -3.85. The van der Waals surface area contributed by atoms with Crippen molar-refractivity contribution in [3.05, 3.63) is 81.8 Å². The summed E-state index contributed by atoms with van der Waals surface area (Å²) < 4.78 is 22.5. The molecule has 1 aliphatic rings. The molecule has 0 spiro atoms. The molecule has 33 heavy (non-hydrogen) atoms. The number of benzene rings is 3. The van der Waals surface area contributed by atoms with Crippen molar-refractivity contribution in [1.29, 1.82) is 0 Å². The highest BCUT2D eigenvalue weighted by atomic mass is 79.9. The molecule has 4 rings (SSSR count). The predicted molar refractivity (Wildman–Crippen MR) is 124 cm³/mol. The second-order valence-electron chi connectivity index (χ2n) is 6.80. The van der Waals surface area contributed by atoms with Gasteiger partial charge in [-0.1, -0.05) is 15.9 Å². The zero-order valence-electron chi connectivity index (χ0n) is 17.5. The highest BCUT2D eigenvalue weighted by Crippen LogP contribution is 2.32. The minimum atomic E-state index is -0.499. The first kappa shape index (κ1) is 22.3. The van der Waals surface area contributed by atoms with Gasteiger partial charge >= 0.3 is 5.97 Å². The largest absolute Gasteiger partial charge is 0.490 e. The van der Waals surface area contributed by atoms with E-state index in [2.05, 4.69) is 26.5 Å². The third-order valence-corrected chi connectivity index (χ3v) is 5.09. The zero-order valence-corrected chi connectivity index (χ0v) is 19.1. The second kappa shape index (κ2) is 10.2. The first-order chi connectivity index (χ1) is 16.0. The average Bonchev–Trinajstić information content (AvgIpc) is 3.29. The van der Waals surface area contributed by atoms with E-state index in [9.17, 15) is 9.59 Å². The molecule has 8 nitrogen and oxygen atoms in total. The molecule has 9 heteroatoms. The quantitative estimate of drug-likeness (QED) is 0.216. The molecule has 1 N–H and O–H groups in total. The summed E-state index contributed by atoms with van der Waals surface area (Å²) in [5.41, 5.74) is 3.92. The molecular formula is C24H19BrN2O6. The predicted octanol–water partition coefficient (Wildman–Crippen LogP) is 4.56. The van der Waals surface area contributed by atoms with Crippen molar-refractivity contribution in [3.8, 4) is 23.0 Å². The Morgan fingerprint density at radius 3 is 2.55 bits per heavy atom. The van der Waals surface area contributed by atoms with Gasteiger partial charge in [0.05, 0.1) is 18.4 Å². The maximum atomic E-state index is 12.4. The number of esters is 1. The van der Waals surface area contributed by atoms with Gasteiger partial charge in [-0.15, -0.1) is 0 Å². The number of carbonyl (C=O) groups excluding carboxylic acids is 2. The fourth-order valence-corrected chi connectivity index (χ4v) is 3.23. The monoisotopic (exact) mass is 510 g/mol. The maximum Gasteiger partial charge on any atom is 0.343 e. The number of nitrogens with zero attached hydrogens (tertiary/aromatic N) is 1. The fraction of sp³-hybridized carbons (Fsp3) is 0.125. The van der Waals surface area contributed by atoms with Crippen molar-refractivity contribution in [3.63, 3.8) is 0 Å². The van der Waals surface area contributed by atoms with E-state index in [-0.39, 0.29) is 12.5 Å². The lowest BCUT2D eigenvalue weighted by atomic mass is 10.2. The second-order valence-corrected chi connectivity index (χ2v) is 7.72. The molecule has 0 bridgehead atoms. The van der Waals surface area contributed by atoms with Crippen LogP contribution in [0.5, 0.6) is 23.0 Å². The first-order valence-electron chi connectivity index (χ1n) is 10.0. The molecule has 1 heterocycles. The van der Waals surface area contributed by atoms with Gasteiger partial charge in [0.15, 0.2) is 23.0 Å². The number of hydrogen-bond acceptors (Lipinski definition) is 7. The van der Waals surface area contributed by atoms with E-state index < -0.39 is 11.9 Å². The Morgan fingerprint density at radius 2 is 1.76 bits per heavy atom. The summed E-state index contributed by atoms with van der Waals surface area (Å²) in [6.45, 7) is 2.34. The summed E-state index contributed by atoms with van der Waals surface area (Å²) in [5.74, 6) is 0.886. The first-order valence-corrected chi connectivity index (χ1v) is 10.8. The molecule has 0 aliphatic carbocycles. The lowest BCUT2D eigenvalue weighted by Crippen LogP contribution is -2.17. The van der Waals surface area contributed by atoms with Crippen molar-refractivity contribution in [2.24, 2.45) is 5.10 Å². The molecule has 0 unspecified atom stereocenters. The van der Waals surface area contributed by atoms with Gasteiger partial charge in [-0.25, -0.2) is 10.2 Å². The summed E-state index contributed by atoms with van der Waals surface area (Å²) in [7, 11) is 0. The van der Waals surface area contributed by atoms with Gasteiger partial charge in [-0.05, 0) is 73.2 Å². The number of ether oxygens (including phenoxy) is 4. The van der Waals surface area contributed by atoms with Crippen LogP contribution in [0.4, 0.5) is 0 Å². The van der Waals surface area contributed by atoms with Crippen LogP contribution in [-0.4, -0.2) is 31.5 Å². The molecule has 0 fully saturated rings. The van der Waals surface area contributed by atoms with Crippen LogP contribution in [0.1, 0.15) is 33.2 Å². The summed E-state index contributed by atoms with van der Waals surface area (Å²) in [5, 5.41) is 3.99. The summed E-state index contributed by atoms with van der Waals surface area (Å²) in [4.78, 5) is 24.8. The van der Waals surface area contributed by atoms with Crippen LogP contribution in [0.2, 0.25) is 0 Å². The number of halogens is 1. The third kappa shape index (κ3) is 5.50. The number of carbonyl (C=O) groups is 2. The number of rotatable bonds is 7. The van der Waals surface area contributed by atoms with Crippen LogP contribution in [0, 0.1) is 0 Å². The summed E-state index contributed by atoms with van der Waals surface area (Å²) >= 11 is 3.33. The molecule has 0 saturated heterocycles. The smallest absolute Gasteiger partial charge is 0.343 e. The van der Waals surface area contributed by atoms with E-state index >= 15 is 0 Å². The maximum absolute atomic E-state index is 12.4. The van der Waals surface area contributed by atoms with Gasteiger partial charge in [0, 0.05) is 10.0 Å². The lowest BCUT2D eigenvalue weighted by Gasteiger charge is -2.11. The molecule has 3 aromatic carbocycles. The molecule has 0 atom stereocenters. The van der Waals surface area contributed by atoms with Gasteiger partial charge in [0.2, 0.25) is 6.79 Å². The number of amides is 1. The summed E-state index contributed by atoms with van der Waals surface area (Å²) in [6, 6.07) is 16.7. The fourth-order valence-electron chi connectivity index (χ4n) is 2.97. The van der Waals surface area contributed by atoms with Gasteiger partial charge in [-0.2, -0.15) is 5.10 Å². The van der Waals surface area contributed by atoms with Crippen LogP contribution in [0.25, 0.3) is 0 Å². The molecular weight excluding hydrogens is 492 g/mol. The standard InChI is InChI=1S/C24H19BrN2O6/c1-2-30-21-11-15(3-9-20(21)33-24(29)16-4-7-18(25)8-5-16)13-26-27-23(28)17-6-10-19-22(12-17)32-14-31-19/h3-13H,2,14H2,1H3,(H,27,28). The van der Waals surface area contributed by atoms with Crippen LogP contribution in [0.15, 0.2) is 70.2 Å². The van der Waals surface area contributed by atoms with E-state index in [0.717, 1.165) is 4.47 Å². The Kier molecular flexibility index (Phi) is 6.89. The van der Waals surface area contributed by atoms with E-state index in [1.54, 1.807) is 60.7 Å².